The van der Waals surface area contributed by atoms with Crippen molar-refractivity contribution in [2.45, 2.75) is 20.3 Å². The third kappa shape index (κ3) is 2.86. The van der Waals surface area contributed by atoms with Crippen LogP contribution in [0.4, 0.5) is 4.39 Å². The molecule has 0 N–H and O–H groups in total. The van der Waals surface area contributed by atoms with Gasteiger partial charge in [0.25, 0.3) is 0 Å². The Bertz CT molecular complexity index is 523. The van der Waals surface area contributed by atoms with Crippen molar-refractivity contribution in [1.29, 1.82) is 0 Å². The highest BCUT2D eigenvalue weighted by Gasteiger charge is 2.07. The molecule has 0 saturated heterocycles. The Balaban J connectivity index is 2.26. The number of hydrogen-bond acceptors (Lipinski definition) is 2. The zero-order valence-electron chi connectivity index (χ0n) is 10.6. The second-order valence-corrected chi connectivity index (χ2v) is 4.21. The molecule has 94 valence electrons. The third-order valence-corrected chi connectivity index (χ3v) is 2.60. The van der Waals surface area contributed by atoms with E-state index in [1.165, 1.54) is 6.07 Å². The molecule has 1 heterocycles. The number of aromatic nitrogens is 1. The van der Waals surface area contributed by atoms with Crippen molar-refractivity contribution in [1.82, 2.24) is 4.98 Å². The first-order valence-corrected chi connectivity index (χ1v) is 6.06. The molecule has 2 rings (SSSR count). The van der Waals surface area contributed by atoms with Crippen LogP contribution in [0.15, 0.2) is 36.5 Å². The summed E-state index contributed by atoms with van der Waals surface area (Å²) in [6.45, 7) is 4.57. The largest absolute Gasteiger partial charge is 0.494 e. The molecule has 0 amide bonds. The van der Waals surface area contributed by atoms with Gasteiger partial charge in [-0.1, -0.05) is 13.0 Å². The Labute approximate surface area is 106 Å². The minimum absolute atomic E-state index is 0.306. The Hall–Kier alpha value is -1.90. The Kier molecular flexibility index (Phi) is 3.92. The number of ether oxygens (including phenoxy) is 1. The van der Waals surface area contributed by atoms with Crippen LogP contribution in [0, 0.1) is 12.7 Å². The molecule has 0 spiro atoms. The van der Waals surface area contributed by atoms with Gasteiger partial charge in [-0.3, -0.25) is 4.98 Å². The van der Waals surface area contributed by atoms with E-state index in [9.17, 15) is 4.39 Å². The lowest BCUT2D eigenvalue weighted by Gasteiger charge is -2.07. The van der Waals surface area contributed by atoms with Crippen molar-refractivity contribution in [2.24, 2.45) is 0 Å². The normalized spacial score (nSPS) is 10.4. The van der Waals surface area contributed by atoms with E-state index in [4.69, 9.17) is 4.74 Å². The first kappa shape index (κ1) is 12.6. The molecule has 0 fully saturated rings. The molecule has 0 aliphatic heterocycles. The number of halogens is 1. The van der Waals surface area contributed by atoms with Gasteiger partial charge in [0.05, 0.1) is 12.3 Å². The van der Waals surface area contributed by atoms with Crippen LogP contribution < -0.4 is 4.74 Å². The lowest BCUT2D eigenvalue weighted by molar-refractivity contribution is 0.316. The highest BCUT2D eigenvalue weighted by atomic mass is 19.1. The van der Waals surface area contributed by atoms with Gasteiger partial charge in [0, 0.05) is 17.8 Å². The molecule has 1 aromatic carbocycles. The summed E-state index contributed by atoms with van der Waals surface area (Å²) in [5.41, 5.74) is 2.20. The van der Waals surface area contributed by atoms with E-state index in [1.807, 2.05) is 26.0 Å². The van der Waals surface area contributed by atoms with Gasteiger partial charge in [0.1, 0.15) is 11.6 Å². The van der Waals surface area contributed by atoms with Gasteiger partial charge >= 0.3 is 0 Å². The average molecular weight is 245 g/mol. The van der Waals surface area contributed by atoms with E-state index in [0.29, 0.717) is 23.6 Å². The summed E-state index contributed by atoms with van der Waals surface area (Å²) in [6.07, 6.45) is 2.64. The summed E-state index contributed by atoms with van der Waals surface area (Å²) < 4.78 is 19.3. The second-order valence-electron chi connectivity index (χ2n) is 4.21. The Morgan fingerprint density at radius 1 is 1.22 bits per heavy atom. The summed E-state index contributed by atoms with van der Waals surface area (Å²) >= 11 is 0. The van der Waals surface area contributed by atoms with Crippen LogP contribution in [-0.4, -0.2) is 11.6 Å². The van der Waals surface area contributed by atoms with Crippen LogP contribution in [0.3, 0.4) is 0 Å². The zero-order chi connectivity index (χ0) is 13.0. The standard InChI is InChI=1S/C15H16FNO/c1-3-8-18-12-5-6-13(14(16)9-12)15-7-4-11(2)10-17-15/h4-7,9-10H,3,8H2,1-2H3. The van der Waals surface area contributed by atoms with Crippen molar-refractivity contribution in [3.8, 4) is 17.0 Å². The maximum atomic E-state index is 13.9. The molecule has 0 aliphatic rings. The van der Waals surface area contributed by atoms with Crippen LogP contribution >= 0.6 is 0 Å². The maximum absolute atomic E-state index is 13.9. The topological polar surface area (TPSA) is 22.1 Å². The van der Waals surface area contributed by atoms with Crippen molar-refractivity contribution in [3.63, 3.8) is 0 Å². The highest BCUT2D eigenvalue weighted by Crippen LogP contribution is 2.24. The molecule has 2 aromatic rings. The smallest absolute Gasteiger partial charge is 0.136 e. The molecular weight excluding hydrogens is 229 g/mol. The SMILES string of the molecule is CCCOc1ccc(-c2ccc(C)cn2)c(F)c1. The summed E-state index contributed by atoms with van der Waals surface area (Å²) in [4.78, 5) is 4.22. The van der Waals surface area contributed by atoms with Gasteiger partial charge in [-0.25, -0.2) is 4.39 Å². The molecule has 0 aliphatic carbocycles. The Morgan fingerprint density at radius 3 is 2.67 bits per heavy atom. The number of benzene rings is 1. The van der Waals surface area contributed by atoms with Gasteiger partial charge in [0.2, 0.25) is 0 Å². The summed E-state index contributed by atoms with van der Waals surface area (Å²) in [7, 11) is 0. The fourth-order valence-electron chi connectivity index (χ4n) is 1.64. The van der Waals surface area contributed by atoms with Crippen LogP contribution in [0.2, 0.25) is 0 Å². The minimum atomic E-state index is -0.306. The van der Waals surface area contributed by atoms with Gasteiger partial charge in [-0.2, -0.15) is 0 Å². The van der Waals surface area contributed by atoms with E-state index >= 15 is 0 Å². The fraction of sp³-hybridized carbons (Fsp3) is 0.267. The lowest BCUT2D eigenvalue weighted by atomic mass is 10.1. The predicted molar refractivity (Wildman–Crippen MR) is 70.2 cm³/mol. The van der Waals surface area contributed by atoms with E-state index in [2.05, 4.69) is 4.98 Å². The predicted octanol–water partition coefficient (Wildman–Crippen LogP) is 3.98. The Morgan fingerprint density at radius 2 is 2.06 bits per heavy atom. The maximum Gasteiger partial charge on any atom is 0.136 e. The van der Waals surface area contributed by atoms with E-state index in [0.717, 1.165) is 12.0 Å². The molecule has 0 radical (unpaired) electrons. The number of pyridine rings is 1. The molecule has 1 aromatic heterocycles. The van der Waals surface area contributed by atoms with Gasteiger partial charge in [-0.15, -0.1) is 0 Å². The van der Waals surface area contributed by atoms with Crippen molar-refractivity contribution in [3.05, 3.63) is 47.9 Å². The van der Waals surface area contributed by atoms with Crippen molar-refractivity contribution < 1.29 is 9.13 Å². The van der Waals surface area contributed by atoms with E-state index in [-0.39, 0.29) is 5.82 Å². The van der Waals surface area contributed by atoms with Crippen LogP contribution in [0.25, 0.3) is 11.3 Å². The molecule has 0 bridgehead atoms. The first-order chi connectivity index (χ1) is 8.70. The highest BCUT2D eigenvalue weighted by molar-refractivity contribution is 5.61. The molecular formula is C15H16FNO. The van der Waals surface area contributed by atoms with Crippen molar-refractivity contribution in [2.75, 3.05) is 6.61 Å². The molecule has 0 unspecified atom stereocenters. The molecule has 18 heavy (non-hydrogen) atoms. The average Bonchev–Trinajstić information content (AvgIpc) is 2.38. The number of rotatable bonds is 4. The summed E-state index contributed by atoms with van der Waals surface area (Å²) in [5, 5.41) is 0. The molecule has 0 saturated carbocycles. The number of aryl methyl sites for hydroxylation is 1. The van der Waals surface area contributed by atoms with E-state index in [1.54, 1.807) is 18.3 Å². The molecule has 3 heteroatoms. The van der Waals surface area contributed by atoms with Gasteiger partial charge in [0.15, 0.2) is 0 Å². The first-order valence-electron chi connectivity index (χ1n) is 6.06. The van der Waals surface area contributed by atoms with Gasteiger partial charge in [-0.05, 0) is 37.1 Å². The van der Waals surface area contributed by atoms with Crippen LogP contribution in [0.5, 0.6) is 5.75 Å². The minimum Gasteiger partial charge on any atom is -0.494 e. The zero-order valence-corrected chi connectivity index (χ0v) is 10.6. The van der Waals surface area contributed by atoms with Crippen LogP contribution in [-0.2, 0) is 0 Å². The van der Waals surface area contributed by atoms with Crippen molar-refractivity contribution >= 4 is 0 Å². The summed E-state index contributed by atoms with van der Waals surface area (Å²) in [6, 6.07) is 8.63. The number of hydrogen-bond donors (Lipinski definition) is 0. The fourth-order valence-corrected chi connectivity index (χ4v) is 1.64. The molecule has 0 atom stereocenters. The summed E-state index contributed by atoms with van der Waals surface area (Å²) in [5.74, 6) is 0.255. The number of nitrogens with zero attached hydrogens (tertiary/aromatic N) is 1. The monoisotopic (exact) mass is 245 g/mol. The van der Waals surface area contributed by atoms with E-state index < -0.39 is 0 Å². The second kappa shape index (κ2) is 5.63. The lowest BCUT2D eigenvalue weighted by Crippen LogP contribution is -1.96. The quantitative estimate of drug-likeness (QED) is 0.812. The van der Waals surface area contributed by atoms with Crippen LogP contribution in [0.1, 0.15) is 18.9 Å². The van der Waals surface area contributed by atoms with Gasteiger partial charge < -0.3 is 4.74 Å². The molecule has 2 nitrogen and oxygen atoms in total. The third-order valence-electron chi connectivity index (χ3n) is 2.60.